The second-order valence-electron chi connectivity index (χ2n) is 3.56. The number of aliphatic hydroxyl groups is 1. The Morgan fingerprint density at radius 1 is 1.39 bits per heavy atom. The van der Waals surface area contributed by atoms with Crippen molar-refractivity contribution in [3.05, 3.63) is 34.9 Å². The monoisotopic (exact) mass is 311 g/mol. The van der Waals surface area contributed by atoms with E-state index in [-0.39, 0.29) is 28.9 Å². The van der Waals surface area contributed by atoms with Crippen molar-refractivity contribution >= 4 is 27.7 Å². The van der Waals surface area contributed by atoms with Gasteiger partial charge < -0.3 is 10.2 Å². The number of nitriles is 1. The average Bonchev–Trinajstić information content (AvgIpc) is 2.37. The summed E-state index contributed by atoms with van der Waals surface area (Å²) in [6, 6.07) is 5.76. The second-order valence-corrected chi connectivity index (χ2v) is 4.35. The Bertz CT molecular complexity index is 521. The van der Waals surface area contributed by atoms with Crippen LogP contribution in [-0.4, -0.2) is 27.3 Å². The van der Waals surface area contributed by atoms with Crippen molar-refractivity contribution in [1.82, 2.24) is 0 Å². The van der Waals surface area contributed by atoms with Crippen LogP contribution in [0.3, 0.4) is 0 Å². The molecule has 0 amide bonds. The lowest BCUT2D eigenvalue weighted by atomic mass is 9.99. The van der Waals surface area contributed by atoms with Gasteiger partial charge in [-0.3, -0.25) is 4.79 Å². The maximum Gasteiger partial charge on any atom is 0.337 e. The molecule has 1 rings (SSSR count). The standard InChI is InChI=1S/C12H10BrNO4/c13-2-1-10(15)8-3-7(6-14)4-9(5-8)11(16)12(17)18/h3-5,11,16H,1-2H2,(H,17,18). The van der Waals surface area contributed by atoms with E-state index in [9.17, 15) is 14.7 Å². The van der Waals surface area contributed by atoms with Crippen LogP contribution in [0.15, 0.2) is 18.2 Å². The molecule has 1 unspecified atom stereocenters. The van der Waals surface area contributed by atoms with E-state index in [0.29, 0.717) is 5.33 Å². The van der Waals surface area contributed by atoms with Crippen LogP contribution in [0.25, 0.3) is 0 Å². The zero-order valence-corrected chi connectivity index (χ0v) is 10.8. The highest BCUT2D eigenvalue weighted by atomic mass is 79.9. The fraction of sp³-hybridized carbons (Fsp3) is 0.250. The topological polar surface area (TPSA) is 98.4 Å². The first-order chi connectivity index (χ1) is 8.49. The van der Waals surface area contributed by atoms with Gasteiger partial charge in [0.1, 0.15) is 0 Å². The van der Waals surface area contributed by atoms with Gasteiger partial charge in [0.15, 0.2) is 11.9 Å². The first-order valence-electron chi connectivity index (χ1n) is 5.04. The molecule has 0 radical (unpaired) electrons. The van der Waals surface area contributed by atoms with Crippen molar-refractivity contribution in [1.29, 1.82) is 5.26 Å². The van der Waals surface area contributed by atoms with Gasteiger partial charge in [-0.2, -0.15) is 5.26 Å². The van der Waals surface area contributed by atoms with Crippen molar-refractivity contribution in [2.24, 2.45) is 0 Å². The van der Waals surface area contributed by atoms with Crippen molar-refractivity contribution in [3.8, 4) is 6.07 Å². The number of aliphatic carboxylic acids is 1. The molecule has 1 atom stereocenters. The molecular formula is C12H10BrNO4. The largest absolute Gasteiger partial charge is 0.479 e. The molecule has 0 aliphatic rings. The Hall–Kier alpha value is -1.71. The van der Waals surface area contributed by atoms with Gasteiger partial charge >= 0.3 is 5.97 Å². The van der Waals surface area contributed by atoms with Crippen molar-refractivity contribution in [2.75, 3.05) is 5.33 Å². The first kappa shape index (κ1) is 14.4. The minimum Gasteiger partial charge on any atom is -0.479 e. The normalized spacial score (nSPS) is 11.6. The molecule has 0 bridgehead atoms. The molecule has 18 heavy (non-hydrogen) atoms. The van der Waals surface area contributed by atoms with Crippen LogP contribution in [0.2, 0.25) is 0 Å². The minimum atomic E-state index is -1.74. The van der Waals surface area contributed by atoms with Gasteiger partial charge in [0.25, 0.3) is 0 Å². The smallest absolute Gasteiger partial charge is 0.337 e. The Morgan fingerprint density at radius 3 is 2.56 bits per heavy atom. The lowest BCUT2D eigenvalue weighted by Crippen LogP contribution is -2.12. The van der Waals surface area contributed by atoms with Crippen LogP contribution in [0, 0.1) is 11.3 Å². The third-order valence-electron chi connectivity index (χ3n) is 2.28. The summed E-state index contributed by atoms with van der Waals surface area (Å²) in [7, 11) is 0. The molecule has 0 spiro atoms. The van der Waals surface area contributed by atoms with E-state index in [2.05, 4.69) is 15.9 Å². The lowest BCUT2D eigenvalue weighted by Gasteiger charge is -2.08. The second kappa shape index (κ2) is 6.28. The molecule has 6 heteroatoms. The predicted octanol–water partition coefficient (Wildman–Crippen LogP) is 1.64. The molecule has 0 aliphatic carbocycles. The van der Waals surface area contributed by atoms with Gasteiger partial charge in [-0.25, -0.2) is 4.79 Å². The molecule has 1 aromatic rings. The van der Waals surface area contributed by atoms with Crippen LogP contribution < -0.4 is 0 Å². The highest BCUT2D eigenvalue weighted by Crippen LogP contribution is 2.19. The van der Waals surface area contributed by atoms with Gasteiger partial charge in [-0.1, -0.05) is 15.9 Å². The molecular weight excluding hydrogens is 302 g/mol. The average molecular weight is 312 g/mol. The summed E-state index contributed by atoms with van der Waals surface area (Å²) in [5.41, 5.74) is 0.397. The maximum absolute atomic E-state index is 11.7. The van der Waals surface area contributed by atoms with Crippen molar-refractivity contribution in [3.63, 3.8) is 0 Å². The zero-order chi connectivity index (χ0) is 13.7. The molecule has 1 aromatic carbocycles. The number of carbonyl (C=O) groups is 2. The fourth-order valence-corrected chi connectivity index (χ4v) is 1.77. The third kappa shape index (κ3) is 3.39. The number of halogens is 1. The Labute approximate surface area is 112 Å². The third-order valence-corrected chi connectivity index (χ3v) is 2.67. The van der Waals surface area contributed by atoms with E-state index < -0.39 is 12.1 Å². The van der Waals surface area contributed by atoms with E-state index in [1.807, 2.05) is 6.07 Å². The maximum atomic E-state index is 11.7. The quantitative estimate of drug-likeness (QED) is 0.636. The number of carbonyl (C=O) groups excluding carboxylic acids is 1. The predicted molar refractivity (Wildman–Crippen MR) is 66.5 cm³/mol. The summed E-state index contributed by atoms with van der Waals surface area (Å²) < 4.78 is 0. The van der Waals surface area contributed by atoms with E-state index in [1.165, 1.54) is 18.2 Å². The highest BCUT2D eigenvalue weighted by Gasteiger charge is 2.18. The van der Waals surface area contributed by atoms with Gasteiger partial charge in [0.05, 0.1) is 11.6 Å². The summed E-state index contributed by atoms with van der Waals surface area (Å²) in [5, 5.41) is 27.4. The summed E-state index contributed by atoms with van der Waals surface area (Å²) in [4.78, 5) is 22.4. The fourth-order valence-electron chi connectivity index (χ4n) is 1.41. The van der Waals surface area contributed by atoms with Gasteiger partial charge in [0.2, 0.25) is 0 Å². The number of alkyl halides is 1. The van der Waals surface area contributed by atoms with E-state index in [1.54, 1.807) is 0 Å². The first-order valence-corrected chi connectivity index (χ1v) is 6.17. The number of ketones is 1. The van der Waals surface area contributed by atoms with Crippen LogP contribution >= 0.6 is 15.9 Å². The van der Waals surface area contributed by atoms with Crippen LogP contribution in [-0.2, 0) is 4.79 Å². The number of rotatable bonds is 5. The Morgan fingerprint density at radius 2 is 2.06 bits per heavy atom. The molecule has 0 saturated heterocycles. The van der Waals surface area contributed by atoms with Crippen molar-refractivity contribution in [2.45, 2.75) is 12.5 Å². The zero-order valence-electron chi connectivity index (χ0n) is 9.26. The van der Waals surface area contributed by atoms with Gasteiger partial charge in [-0.05, 0) is 23.8 Å². The van der Waals surface area contributed by atoms with Crippen LogP contribution in [0.5, 0.6) is 0 Å². The van der Waals surface area contributed by atoms with E-state index in [4.69, 9.17) is 10.4 Å². The number of carboxylic acids is 1. The Kier molecular flexibility index (Phi) is 5.01. The van der Waals surface area contributed by atoms with E-state index >= 15 is 0 Å². The molecule has 0 fully saturated rings. The summed E-state index contributed by atoms with van der Waals surface area (Å²) in [6.45, 7) is 0. The molecule has 0 saturated carbocycles. The van der Waals surface area contributed by atoms with Crippen molar-refractivity contribution < 1.29 is 19.8 Å². The number of hydrogen-bond donors (Lipinski definition) is 2. The molecule has 0 heterocycles. The molecule has 5 nitrogen and oxygen atoms in total. The van der Waals surface area contributed by atoms with Crippen LogP contribution in [0.4, 0.5) is 0 Å². The molecule has 94 valence electrons. The number of hydrogen-bond acceptors (Lipinski definition) is 4. The Balaban J connectivity index is 3.22. The molecule has 0 aliphatic heterocycles. The van der Waals surface area contributed by atoms with Gasteiger partial charge in [0, 0.05) is 17.3 Å². The SMILES string of the molecule is N#Cc1cc(C(=O)CCBr)cc(C(O)C(=O)O)c1. The summed E-state index contributed by atoms with van der Waals surface area (Å²) >= 11 is 3.12. The number of carboxylic acid groups (broad SMARTS) is 1. The number of aliphatic hydroxyl groups excluding tert-OH is 1. The summed E-state index contributed by atoms with van der Waals surface area (Å²) in [5.74, 6) is -1.65. The van der Waals surface area contributed by atoms with Crippen LogP contribution in [0.1, 0.15) is 34.0 Å². The summed E-state index contributed by atoms with van der Waals surface area (Å²) in [6.07, 6.45) is -1.51. The number of Topliss-reactive ketones (excluding diaryl/α,β-unsaturated/α-hetero) is 1. The molecule has 2 N–H and O–H groups in total. The number of benzene rings is 1. The minimum absolute atomic E-state index is 0.0273. The van der Waals surface area contributed by atoms with E-state index in [0.717, 1.165) is 0 Å². The highest BCUT2D eigenvalue weighted by molar-refractivity contribution is 9.09. The lowest BCUT2D eigenvalue weighted by molar-refractivity contribution is -0.146. The number of nitrogens with zero attached hydrogens (tertiary/aromatic N) is 1. The van der Waals surface area contributed by atoms with Gasteiger partial charge in [-0.15, -0.1) is 0 Å². The molecule has 0 aromatic heterocycles.